The summed E-state index contributed by atoms with van der Waals surface area (Å²) in [7, 11) is 3.07. The van der Waals surface area contributed by atoms with Crippen molar-refractivity contribution in [2.24, 2.45) is 0 Å². The Bertz CT molecular complexity index is 1110. The molecule has 2 aromatic rings. The molecule has 2 unspecified atom stereocenters. The number of aryl methyl sites for hydroxylation is 2. The number of morpholine rings is 1. The van der Waals surface area contributed by atoms with Crippen molar-refractivity contribution in [2.45, 2.75) is 39.9 Å². The molecule has 2 aromatic carbocycles. The van der Waals surface area contributed by atoms with Crippen LogP contribution in [0, 0.1) is 13.8 Å². The maximum Gasteiger partial charge on any atom is 0.282 e. The van der Waals surface area contributed by atoms with E-state index in [0.717, 1.165) is 16.7 Å². The molecule has 1 fully saturated rings. The first-order chi connectivity index (χ1) is 15.7. The van der Waals surface area contributed by atoms with Gasteiger partial charge in [-0.25, -0.2) is 4.90 Å². The van der Waals surface area contributed by atoms with Gasteiger partial charge in [-0.05, 0) is 38.8 Å². The maximum atomic E-state index is 13.9. The molecule has 2 atom stereocenters. The molecular weight excluding hydrogens is 420 g/mol. The van der Waals surface area contributed by atoms with Gasteiger partial charge in [-0.2, -0.15) is 0 Å². The Balaban J connectivity index is 1.88. The predicted octanol–water partition coefficient (Wildman–Crippen LogP) is 3.71. The largest absolute Gasteiger partial charge is 0.497 e. The summed E-state index contributed by atoms with van der Waals surface area (Å²) in [5.74, 6) is 0.288. The minimum absolute atomic E-state index is 0.0597. The SMILES string of the molecule is COc1cc(OC)cc(N2C(=O)C(c3ccc(C)cc3C)=C(N3CC(C)OC(C)C3)C2=O)c1. The first kappa shape index (κ1) is 22.9. The molecule has 0 radical (unpaired) electrons. The van der Waals surface area contributed by atoms with E-state index < -0.39 is 0 Å². The summed E-state index contributed by atoms with van der Waals surface area (Å²) in [6.45, 7) is 8.99. The summed E-state index contributed by atoms with van der Waals surface area (Å²) < 4.78 is 16.6. The van der Waals surface area contributed by atoms with Crippen LogP contribution in [-0.2, 0) is 14.3 Å². The fourth-order valence-electron chi connectivity index (χ4n) is 4.66. The van der Waals surface area contributed by atoms with Gasteiger partial charge in [0.15, 0.2) is 0 Å². The quantitative estimate of drug-likeness (QED) is 0.647. The Hall–Kier alpha value is -3.32. The molecule has 1 saturated heterocycles. The molecule has 7 nitrogen and oxygen atoms in total. The van der Waals surface area contributed by atoms with Crippen LogP contribution < -0.4 is 14.4 Å². The van der Waals surface area contributed by atoms with Gasteiger partial charge >= 0.3 is 0 Å². The molecule has 2 heterocycles. The van der Waals surface area contributed by atoms with E-state index in [9.17, 15) is 9.59 Å². The highest BCUT2D eigenvalue weighted by molar-refractivity contribution is 6.45. The molecule has 33 heavy (non-hydrogen) atoms. The number of carbonyl (C=O) groups is 2. The van der Waals surface area contributed by atoms with Gasteiger partial charge in [-0.15, -0.1) is 0 Å². The fraction of sp³-hybridized carbons (Fsp3) is 0.385. The van der Waals surface area contributed by atoms with E-state index in [4.69, 9.17) is 14.2 Å². The molecule has 2 aliphatic rings. The van der Waals surface area contributed by atoms with Crippen molar-refractivity contribution in [1.82, 2.24) is 4.90 Å². The Kier molecular flexibility index (Phi) is 6.17. The fourth-order valence-corrected chi connectivity index (χ4v) is 4.66. The number of ether oxygens (including phenoxy) is 3. The number of carbonyl (C=O) groups excluding carboxylic acids is 2. The van der Waals surface area contributed by atoms with Crippen molar-refractivity contribution >= 4 is 23.1 Å². The lowest BCUT2D eigenvalue weighted by atomic mass is 9.97. The number of anilines is 1. The van der Waals surface area contributed by atoms with E-state index >= 15 is 0 Å². The van der Waals surface area contributed by atoms with Gasteiger partial charge in [-0.1, -0.05) is 23.8 Å². The third-order valence-corrected chi connectivity index (χ3v) is 6.04. The van der Waals surface area contributed by atoms with Crippen LogP contribution in [0.25, 0.3) is 5.57 Å². The van der Waals surface area contributed by atoms with Gasteiger partial charge < -0.3 is 19.1 Å². The molecule has 0 spiro atoms. The number of hydrogen-bond acceptors (Lipinski definition) is 6. The number of methoxy groups -OCH3 is 2. The second-order valence-corrected chi connectivity index (χ2v) is 8.72. The number of hydrogen-bond donors (Lipinski definition) is 0. The van der Waals surface area contributed by atoms with E-state index in [-0.39, 0.29) is 24.0 Å². The Labute approximate surface area is 194 Å². The van der Waals surface area contributed by atoms with Crippen LogP contribution in [0.15, 0.2) is 42.1 Å². The molecule has 174 valence electrons. The standard InChI is InChI=1S/C26H30N2O5/c1-15-7-8-22(16(2)9-15)23-24(27-13-17(3)33-18(4)14-27)26(30)28(25(23)29)19-10-20(31-5)12-21(11-19)32-6/h7-12,17-18H,13-14H2,1-6H3. The molecular formula is C26H30N2O5. The zero-order chi connectivity index (χ0) is 23.9. The number of rotatable bonds is 5. The maximum absolute atomic E-state index is 13.9. The summed E-state index contributed by atoms with van der Waals surface area (Å²) >= 11 is 0. The average Bonchev–Trinajstić information content (AvgIpc) is 3.02. The molecule has 0 aliphatic carbocycles. The number of amides is 2. The lowest BCUT2D eigenvalue weighted by Crippen LogP contribution is -2.47. The normalized spacial score (nSPS) is 21.2. The van der Waals surface area contributed by atoms with Gasteiger partial charge in [0.2, 0.25) is 0 Å². The van der Waals surface area contributed by atoms with Crippen LogP contribution in [0.5, 0.6) is 11.5 Å². The number of benzene rings is 2. The van der Waals surface area contributed by atoms with E-state index in [1.165, 1.54) is 19.1 Å². The number of nitrogens with zero attached hydrogens (tertiary/aromatic N) is 2. The lowest BCUT2D eigenvalue weighted by molar-refractivity contribution is -0.121. The van der Waals surface area contributed by atoms with Crippen molar-refractivity contribution < 1.29 is 23.8 Å². The lowest BCUT2D eigenvalue weighted by Gasteiger charge is -2.37. The topological polar surface area (TPSA) is 68.3 Å². The zero-order valence-electron chi connectivity index (χ0n) is 20.0. The predicted molar refractivity (Wildman–Crippen MR) is 126 cm³/mol. The first-order valence-corrected chi connectivity index (χ1v) is 11.1. The molecule has 7 heteroatoms. The first-order valence-electron chi connectivity index (χ1n) is 11.1. The summed E-state index contributed by atoms with van der Waals surface area (Å²) in [5, 5.41) is 0. The summed E-state index contributed by atoms with van der Waals surface area (Å²) in [4.78, 5) is 31.0. The second kappa shape index (κ2) is 8.90. The summed E-state index contributed by atoms with van der Waals surface area (Å²) in [6, 6.07) is 11.0. The van der Waals surface area contributed by atoms with Crippen LogP contribution >= 0.6 is 0 Å². The highest BCUT2D eigenvalue weighted by Gasteiger charge is 2.44. The number of imide groups is 1. The van der Waals surface area contributed by atoms with E-state index in [2.05, 4.69) is 0 Å². The Morgan fingerprint density at radius 2 is 1.48 bits per heavy atom. The summed E-state index contributed by atoms with van der Waals surface area (Å²) in [6.07, 6.45) is -0.119. The van der Waals surface area contributed by atoms with E-state index in [1.54, 1.807) is 18.2 Å². The molecule has 0 bridgehead atoms. The molecule has 0 N–H and O–H groups in total. The van der Waals surface area contributed by atoms with Crippen molar-refractivity contribution in [2.75, 3.05) is 32.2 Å². The second-order valence-electron chi connectivity index (χ2n) is 8.72. The van der Waals surface area contributed by atoms with Gasteiger partial charge in [0, 0.05) is 31.3 Å². The van der Waals surface area contributed by atoms with Gasteiger partial charge in [0.25, 0.3) is 11.8 Å². The van der Waals surface area contributed by atoms with E-state index in [0.29, 0.717) is 41.5 Å². The highest BCUT2D eigenvalue weighted by atomic mass is 16.5. The van der Waals surface area contributed by atoms with Crippen LogP contribution in [0.2, 0.25) is 0 Å². The van der Waals surface area contributed by atoms with Crippen LogP contribution in [-0.4, -0.2) is 56.2 Å². The third kappa shape index (κ3) is 4.20. The third-order valence-electron chi connectivity index (χ3n) is 6.04. The Morgan fingerprint density at radius 3 is 2.03 bits per heavy atom. The Morgan fingerprint density at radius 1 is 0.879 bits per heavy atom. The van der Waals surface area contributed by atoms with Crippen LogP contribution in [0.4, 0.5) is 5.69 Å². The van der Waals surface area contributed by atoms with Crippen LogP contribution in [0.3, 0.4) is 0 Å². The average molecular weight is 451 g/mol. The zero-order valence-corrected chi connectivity index (χ0v) is 20.0. The molecule has 2 aliphatic heterocycles. The van der Waals surface area contributed by atoms with Crippen molar-refractivity contribution in [3.8, 4) is 11.5 Å². The minimum Gasteiger partial charge on any atom is -0.497 e. The summed E-state index contributed by atoms with van der Waals surface area (Å²) in [5.41, 5.74) is 4.04. The highest BCUT2D eigenvalue weighted by Crippen LogP contribution is 2.39. The minimum atomic E-state index is -0.357. The van der Waals surface area contributed by atoms with Gasteiger partial charge in [-0.3, -0.25) is 9.59 Å². The van der Waals surface area contributed by atoms with Crippen molar-refractivity contribution in [1.29, 1.82) is 0 Å². The van der Waals surface area contributed by atoms with Crippen LogP contribution in [0.1, 0.15) is 30.5 Å². The molecule has 0 aromatic heterocycles. The van der Waals surface area contributed by atoms with Crippen molar-refractivity contribution in [3.63, 3.8) is 0 Å². The molecule has 2 amide bonds. The van der Waals surface area contributed by atoms with Gasteiger partial charge in [0.1, 0.15) is 17.2 Å². The monoisotopic (exact) mass is 450 g/mol. The smallest absolute Gasteiger partial charge is 0.282 e. The van der Waals surface area contributed by atoms with E-state index in [1.807, 2.05) is 50.8 Å². The van der Waals surface area contributed by atoms with Gasteiger partial charge in [0.05, 0.1) is 37.7 Å². The molecule has 4 rings (SSSR count). The van der Waals surface area contributed by atoms with Crippen molar-refractivity contribution in [3.05, 3.63) is 58.8 Å². The molecule has 0 saturated carbocycles.